The summed E-state index contributed by atoms with van der Waals surface area (Å²) in [6.07, 6.45) is -0.629. The van der Waals surface area contributed by atoms with Gasteiger partial charge in [-0.2, -0.15) is 13.2 Å². The van der Waals surface area contributed by atoms with E-state index in [0.717, 1.165) is 23.3 Å². The van der Waals surface area contributed by atoms with Crippen LogP contribution < -0.4 is 4.74 Å². The third kappa shape index (κ3) is 5.11. The molecule has 2 atom stereocenters. The third-order valence-electron chi connectivity index (χ3n) is 5.87. The fourth-order valence-corrected chi connectivity index (χ4v) is 4.25. The molecule has 2 N–H and O–H groups in total. The molecule has 0 radical (unpaired) electrons. The van der Waals surface area contributed by atoms with Gasteiger partial charge in [0, 0.05) is 6.54 Å². The zero-order valence-electron chi connectivity index (χ0n) is 19.2. The van der Waals surface area contributed by atoms with Crippen molar-refractivity contribution in [2.75, 3.05) is 7.11 Å². The molecule has 0 aliphatic carbocycles. The van der Waals surface area contributed by atoms with E-state index in [-0.39, 0.29) is 29.3 Å². The van der Waals surface area contributed by atoms with Gasteiger partial charge in [0.15, 0.2) is 0 Å². The minimum Gasteiger partial charge on any atom is -0.508 e. The molecule has 3 aromatic carbocycles. The molecule has 1 aliphatic rings. The van der Waals surface area contributed by atoms with Gasteiger partial charge in [-0.25, -0.2) is 0 Å². The van der Waals surface area contributed by atoms with Crippen LogP contribution in [0.5, 0.6) is 17.2 Å². The molecule has 0 spiro atoms. The van der Waals surface area contributed by atoms with Gasteiger partial charge in [0.05, 0.1) is 24.3 Å². The Morgan fingerprint density at radius 2 is 1.74 bits per heavy atom. The van der Waals surface area contributed by atoms with E-state index in [1.807, 2.05) is 30.0 Å². The summed E-state index contributed by atoms with van der Waals surface area (Å²) < 4.78 is 45.4. The van der Waals surface area contributed by atoms with Gasteiger partial charge in [0.1, 0.15) is 29.1 Å². The summed E-state index contributed by atoms with van der Waals surface area (Å²) in [5.41, 5.74) is 1.27. The molecule has 1 aliphatic heterocycles. The van der Waals surface area contributed by atoms with Crippen LogP contribution in [0.2, 0.25) is 0 Å². The van der Waals surface area contributed by atoms with E-state index in [1.54, 1.807) is 42.5 Å². The molecule has 35 heavy (non-hydrogen) atoms. The highest BCUT2D eigenvalue weighted by Crippen LogP contribution is 2.39. The van der Waals surface area contributed by atoms with E-state index in [0.29, 0.717) is 17.9 Å². The highest BCUT2D eigenvalue weighted by molar-refractivity contribution is 6.03. The average Bonchev–Trinajstić information content (AvgIpc) is 3.16. The van der Waals surface area contributed by atoms with E-state index < -0.39 is 11.7 Å². The molecule has 182 valence electrons. The predicted molar refractivity (Wildman–Crippen MR) is 128 cm³/mol. The zero-order chi connectivity index (χ0) is 25.2. The van der Waals surface area contributed by atoms with Crippen molar-refractivity contribution in [2.45, 2.75) is 31.7 Å². The number of benzene rings is 3. The van der Waals surface area contributed by atoms with E-state index in [4.69, 9.17) is 9.73 Å². The number of aliphatic imine (C=N–C) groups is 1. The summed E-state index contributed by atoms with van der Waals surface area (Å²) >= 11 is 0. The second-order valence-electron chi connectivity index (χ2n) is 8.22. The number of hydrogen-bond donors (Lipinski definition) is 2. The Labute approximate surface area is 201 Å². The van der Waals surface area contributed by atoms with Crippen LogP contribution in [-0.2, 0) is 12.7 Å². The molecule has 0 fully saturated rings. The van der Waals surface area contributed by atoms with Crippen LogP contribution in [0, 0.1) is 0 Å². The molecular formula is C27H25F3N2O3. The number of methoxy groups -OCH3 is 1. The van der Waals surface area contributed by atoms with Gasteiger partial charge in [0.2, 0.25) is 0 Å². The van der Waals surface area contributed by atoms with Crippen LogP contribution in [0.3, 0.4) is 0 Å². The molecule has 2 unspecified atom stereocenters. The molecule has 0 saturated carbocycles. The molecule has 0 aromatic heterocycles. The molecule has 0 amide bonds. The van der Waals surface area contributed by atoms with Gasteiger partial charge in [0.25, 0.3) is 0 Å². The maximum absolute atomic E-state index is 13.3. The lowest BCUT2D eigenvalue weighted by Crippen LogP contribution is -2.36. The summed E-state index contributed by atoms with van der Waals surface area (Å²) in [7, 11) is 1.33. The van der Waals surface area contributed by atoms with Crippen LogP contribution in [0.15, 0.2) is 83.9 Å². The Kier molecular flexibility index (Phi) is 6.73. The van der Waals surface area contributed by atoms with Gasteiger partial charge in [-0.1, -0.05) is 36.4 Å². The number of phenols is 2. The van der Waals surface area contributed by atoms with Crippen molar-refractivity contribution in [1.82, 2.24) is 4.90 Å². The fraction of sp³-hybridized carbons (Fsp3) is 0.222. The Morgan fingerprint density at radius 3 is 2.37 bits per heavy atom. The van der Waals surface area contributed by atoms with Crippen molar-refractivity contribution in [1.29, 1.82) is 0 Å². The lowest BCUT2D eigenvalue weighted by atomic mass is 9.98. The molecule has 4 rings (SSSR count). The highest BCUT2D eigenvalue weighted by atomic mass is 19.4. The minimum absolute atomic E-state index is 0.0602. The largest absolute Gasteiger partial charge is 0.508 e. The normalized spacial score (nSPS) is 18.2. The summed E-state index contributed by atoms with van der Waals surface area (Å²) in [6.45, 7) is 2.23. The topological polar surface area (TPSA) is 65.3 Å². The lowest BCUT2D eigenvalue weighted by molar-refractivity contribution is -0.137. The molecular weight excluding hydrogens is 457 g/mol. The molecule has 8 heteroatoms. The number of rotatable bonds is 6. The quantitative estimate of drug-likeness (QED) is 0.419. The van der Waals surface area contributed by atoms with Gasteiger partial charge >= 0.3 is 6.18 Å². The molecule has 5 nitrogen and oxygen atoms in total. The van der Waals surface area contributed by atoms with Crippen molar-refractivity contribution < 1.29 is 28.1 Å². The van der Waals surface area contributed by atoms with Crippen molar-refractivity contribution in [2.24, 2.45) is 4.99 Å². The average molecular weight is 483 g/mol. The van der Waals surface area contributed by atoms with Crippen LogP contribution in [0.1, 0.15) is 35.2 Å². The fourth-order valence-electron chi connectivity index (χ4n) is 4.25. The Balaban J connectivity index is 1.86. The standard InChI is InChI=1S/C27H25F3N2O3/c1-3-5-23-25(18-8-11-20(33)12-9-18)31-26(32(23)16-17-6-4-7-21(34)14-17)22-13-10-19(27(28,29)30)15-24(22)35-2/h3-15,23,25,33-34H,16H2,1-2H3/b5-3+. The number of ether oxygens (including phenoxy) is 1. The first-order valence-corrected chi connectivity index (χ1v) is 11.0. The first kappa shape index (κ1) is 24.2. The smallest absolute Gasteiger partial charge is 0.416 e. The second-order valence-corrected chi connectivity index (χ2v) is 8.22. The van der Waals surface area contributed by atoms with Crippen molar-refractivity contribution in [3.8, 4) is 17.2 Å². The summed E-state index contributed by atoms with van der Waals surface area (Å²) in [5, 5.41) is 19.7. The van der Waals surface area contributed by atoms with Crippen molar-refractivity contribution in [3.05, 3.63) is 101 Å². The second kappa shape index (κ2) is 9.74. The molecule has 0 saturated heterocycles. The van der Waals surface area contributed by atoms with Gasteiger partial charge in [-0.05, 0) is 60.5 Å². The third-order valence-corrected chi connectivity index (χ3v) is 5.87. The summed E-state index contributed by atoms with van der Waals surface area (Å²) in [6, 6.07) is 16.2. The SMILES string of the molecule is C/C=C/C1C(c2ccc(O)cc2)N=C(c2ccc(C(F)(F)F)cc2OC)N1Cc1cccc(O)c1. The van der Waals surface area contributed by atoms with Crippen molar-refractivity contribution >= 4 is 5.84 Å². The predicted octanol–water partition coefficient (Wildman–Crippen LogP) is 6.07. The Bertz CT molecular complexity index is 1250. The van der Waals surface area contributed by atoms with Crippen LogP contribution in [-0.4, -0.2) is 34.1 Å². The number of aromatic hydroxyl groups is 2. The van der Waals surface area contributed by atoms with Gasteiger partial charge < -0.3 is 19.8 Å². The summed E-state index contributed by atoms with van der Waals surface area (Å²) in [4.78, 5) is 6.93. The van der Waals surface area contributed by atoms with E-state index >= 15 is 0 Å². The van der Waals surface area contributed by atoms with E-state index in [2.05, 4.69) is 0 Å². The maximum atomic E-state index is 13.3. The zero-order valence-corrected chi connectivity index (χ0v) is 19.2. The Hall–Kier alpha value is -3.94. The Morgan fingerprint density at radius 1 is 1.00 bits per heavy atom. The van der Waals surface area contributed by atoms with Gasteiger partial charge in [-0.15, -0.1) is 0 Å². The number of amidine groups is 1. The van der Waals surface area contributed by atoms with Gasteiger partial charge in [-0.3, -0.25) is 4.99 Å². The number of hydrogen-bond acceptors (Lipinski definition) is 5. The number of halogens is 3. The van der Waals surface area contributed by atoms with Crippen LogP contribution >= 0.6 is 0 Å². The maximum Gasteiger partial charge on any atom is 0.416 e. The van der Waals surface area contributed by atoms with Crippen LogP contribution in [0.25, 0.3) is 0 Å². The minimum atomic E-state index is -4.51. The van der Waals surface area contributed by atoms with E-state index in [1.165, 1.54) is 13.2 Å². The first-order chi connectivity index (χ1) is 16.7. The lowest BCUT2D eigenvalue weighted by Gasteiger charge is -2.29. The number of alkyl halides is 3. The molecule has 3 aromatic rings. The number of allylic oxidation sites excluding steroid dienone is 1. The summed E-state index contributed by atoms with van der Waals surface area (Å²) in [5.74, 6) is 0.773. The molecule has 0 bridgehead atoms. The monoisotopic (exact) mass is 482 g/mol. The number of nitrogens with zero attached hydrogens (tertiary/aromatic N) is 2. The van der Waals surface area contributed by atoms with Crippen LogP contribution in [0.4, 0.5) is 13.2 Å². The first-order valence-electron chi connectivity index (χ1n) is 11.0. The van der Waals surface area contributed by atoms with Crippen molar-refractivity contribution in [3.63, 3.8) is 0 Å². The van der Waals surface area contributed by atoms with E-state index in [9.17, 15) is 23.4 Å². The molecule has 1 heterocycles. The highest BCUT2D eigenvalue weighted by Gasteiger charge is 2.38. The number of phenolic OH excluding ortho intramolecular Hbond substituents is 2.